The Balaban J connectivity index is 2.67. The van der Waals surface area contributed by atoms with Gasteiger partial charge in [-0.05, 0) is 51.3 Å². The van der Waals surface area contributed by atoms with Crippen LogP contribution >= 0.6 is 0 Å². The number of aryl methyl sites for hydroxylation is 3. The second kappa shape index (κ2) is 10.1. The van der Waals surface area contributed by atoms with Gasteiger partial charge in [0.1, 0.15) is 0 Å². The van der Waals surface area contributed by atoms with Crippen molar-refractivity contribution < 1.29 is 9.59 Å². The lowest BCUT2D eigenvalue weighted by atomic mass is 10.1. The van der Waals surface area contributed by atoms with Gasteiger partial charge in [-0.25, -0.2) is 0 Å². The van der Waals surface area contributed by atoms with Crippen molar-refractivity contribution in [3.8, 4) is 0 Å². The normalized spacial score (nSPS) is 10.8. The van der Waals surface area contributed by atoms with Crippen LogP contribution in [0.1, 0.15) is 43.4 Å². The topological polar surface area (TPSA) is 61.4 Å². The molecule has 0 aliphatic rings. The molecule has 0 heterocycles. The molecule has 0 fully saturated rings. The molecule has 2 N–H and O–H groups in total. The van der Waals surface area contributed by atoms with E-state index in [1.807, 2.05) is 39.5 Å². The van der Waals surface area contributed by atoms with Gasteiger partial charge in [-0.3, -0.25) is 14.5 Å². The SMILES string of the molecule is CCCNC(=O)CN(CCC)CC(=O)Nc1c(C)cc(C)cc1C. The first-order chi connectivity index (χ1) is 11.4. The molecular weight excluding hydrogens is 302 g/mol. The average Bonchev–Trinajstić information content (AvgIpc) is 2.49. The lowest BCUT2D eigenvalue weighted by Crippen LogP contribution is -2.41. The third-order valence-electron chi connectivity index (χ3n) is 3.79. The predicted octanol–water partition coefficient (Wildman–Crippen LogP) is 2.79. The van der Waals surface area contributed by atoms with Gasteiger partial charge in [-0.1, -0.05) is 31.5 Å². The van der Waals surface area contributed by atoms with Gasteiger partial charge in [-0.2, -0.15) is 0 Å². The molecule has 0 aliphatic carbocycles. The molecule has 24 heavy (non-hydrogen) atoms. The molecular formula is C19H31N3O2. The van der Waals surface area contributed by atoms with Crippen molar-refractivity contribution in [2.75, 3.05) is 31.5 Å². The maximum Gasteiger partial charge on any atom is 0.238 e. The van der Waals surface area contributed by atoms with Crippen LogP contribution in [0.2, 0.25) is 0 Å². The van der Waals surface area contributed by atoms with Crippen LogP contribution in [0.4, 0.5) is 5.69 Å². The fourth-order valence-electron chi connectivity index (χ4n) is 2.81. The molecule has 0 spiro atoms. The Morgan fingerprint density at radius 1 is 0.958 bits per heavy atom. The van der Waals surface area contributed by atoms with Gasteiger partial charge in [0.2, 0.25) is 11.8 Å². The molecule has 1 rings (SSSR count). The molecule has 0 saturated carbocycles. The lowest BCUT2D eigenvalue weighted by molar-refractivity contribution is -0.123. The van der Waals surface area contributed by atoms with Gasteiger partial charge in [0.15, 0.2) is 0 Å². The summed E-state index contributed by atoms with van der Waals surface area (Å²) in [6.07, 6.45) is 1.81. The fraction of sp³-hybridized carbons (Fsp3) is 0.579. The zero-order valence-electron chi connectivity index (χ0n) is 15.7. The van der Waals surface area contributed by atoms with Crippen LogP contribution in [0.5, 0.6) is 0 Å². The monoisotopic (exact) mass is 333 g/mol. The van der Waals surface area contributed by atoms with E-state index in [9.17, 15) is 9.59 Å². The molecule has 0 aliphatic heterocycles. The minimum Gasteiger partial charge on any atom is -0.355 e. The number of nitrogens with one attached hydrogen (secondary N) is 2. The molecule has 0 aromatic heterocycles. The Kier molecular flexibility index (Phi) is 8.47. The number of amides is 2. The Labute approximate surface area is 145 Å². The Morgan fingerprint density at radius 3 is 2.08 bits per heavy atom. The highest BCUT2D eigenvalue weighted by atomic mass is 16.2. The highest BCUT2D eigenvalue weighted by Crippen LogP contribution is 2.21. The van der Waals surface area contributed by atoms with Gasteiger partial charge < -0.3 is 10.6 Å². The number of benzene rings is 1. The molecule has 1 aromatic carbocycles. The summed E-state index contributed by atoms with van der Waals surface area (Å²) < 4.78 is 0. The molecule has 0 unspecified atom stereocenters. The average molecular weight is 333 g/mol. The molecule has 5 nitrogen and oxygen atoms in total. The number of nitrogens with zero attached hydrogens (tertiary/aromatic N) is 1. The van der Waals surface area contributed by atoms with E-state index in [2.05, 4.69) is 22.8 Å². The van der Waals surface area contributed by atoms with E-state index in [1.165, 1.54) is 5.56 Å². The number of hydrogen-bond acceptors (Lipinski definition) is 3. The highest BCUT2D eigenvalue weighted by Gasteiger charge is 2.15. The van der Waals surface area contributed by atoms with E-state index >= 15 is 0 Å². The maximum absolute atomic E-state index is 12.4. The van der Waals surface area contributed by atoms with E-state index < -0.39 is 0 Å². The Bertz CT molecular complexity index is 547. The van der Waals surface area contributed by atoms with E-state index in [0.717, 1.165) is 36.2 Å². The maximum atomic E-state index is 12.4. The second-order valence-corrected chi connectivity index (χ2v) is 6.38. The third kappa shape index (κ3) is 6.71. The second-order valence-electron chi connectivity index (χ2n) is 6.38. The number of carbonyl (C=O) groups excluding carboxylic acids is 2. The predicted molar refractivity (Wildman–Crippen MR) is 99.3 cm³/mol. The standard InChI is InChI=1S/C19H31N3O2/c1-6-8-20-17(23)12-22(9-7-2)13-18(24)21-19-15(4)10-14(3)11-16(19)5/h10-11H,6-9,12-13H2,1-5H3,(H,20,23)(H,21,24). The summed E-state index contributed by atoms with van der Waals surface area (Å²) in [7, 11) is 0. The first-order valence-electron chi connectivity index (χ1n) is 8.74. The van der Waals surface area contributed by atoms with Crippen LogP contribution in [0.15, 0.2) is 12.1 Å². The highest BCUT2D eigenvalue weighted by molar-refractivity contribution is 5.94. The summed E-state index contributed by atoms with van der Waals surface area (Å²) in [6.45, 7) is 12.0. The largest absolute Gasteiger partial charge is 0.355 e. The molecule has 2 amide bonds. The van der Waals surface area contributed by atoms with Crippen LogP contribution in [-0.4, -0.2) is 42.9 Å². The van der Waals surface area contributed by atoms with Crippen LogP contribution in [-0.2, 0) is 9.59 Å². The smallest absolute Gasteiger partial charge is 0.238 e. The van der Waals surface area contributed by atoms with Crippen molar-refractivity contribution in [3.05, 3.63) is 28.8 Å². The summed E-state index contributed by atoms with van der Waals surface area (Å²) in [5, 5.41) is 5.86. The molecule has 0 atom stereocenters. The van der Waals surface area contributed by atoms with Gasteiger partial charge in [0.25, 0.3) is 0 Å². The molecule has 134 valence electrons. The quantitative estimate of drug-likeness (QED) is 0.730. The van der Waals surface area contributed by atoms with Crippen LogP contribution in [0.3, 0.4) is 0 Å². The summed E-state index contributed by atoms with van der Waals surface area (Å²) in [5.41, 5.74) is 4.17. The van der Waals surface area contributed by atoms with E-state index in [1.54, 1.807) is 0 Å². The van der Waals surface area contributed by atoms with E-state index in [-0.39, 0.29) is 24.9 Å². The van der Waals surface area contributed by atoms with Crippen LogP contribution < -0.4 is 10.6 Å². The van der Waals surface area contributed by atoms with E-state index in [0.29, 0.717) is 6.54 Å². The van der Waals surface area contributed by atoms with Gasteiger partial charge in [0.05, 0.1) is 13.1 Å². The van der Waals surface area contributed by atoms with Gasteiger partial charge >= 0.3 is 0 Å². The Hall–Kier alpha value is -1.88. The summed E-state index contributed by atoms with van der Waals surface area (Å²) in [6, 6.07) is 4.12. The molecule has 0 bridgehead atoms. The van der Waals surface area contributed by atoms with Crippen molar-refractivity contribution >= 4 is 17.5 Å². The van der Waals surface area contributed by atoms with Crippen molar-refractivity contribution in [2.45, 2.75) is 47.5 Å². The summed E-state index contributed by atoms with van der Waals surface area (Å²) in [5.74, 6) is -0.109. The van der Waals surface area contributed by atoms with Crippen LogP contribution in [0.25, 0.3) is 0 Å². The minimum atomic E-state index is -0.0817. The molecule has 0 saturated heterocycles. The molecule has 5 heteroatoms. The third-order valence-corrected chi connectivity index (χ3v) is 3.79. The zero-order chi connectivity index (χ0) is 18.1. The van der Waals surface area contributed by atoms with Crippen molar-refractivity contribution in [2.24, 2.45) is 0 Å². The molecule has 1 aromatic rings. The van der Waals surface area contributed by atoms with E-state index in [4.69, 9.17) is 0 Å². The first kappa shape index (κ1) is 20.2. The Morgan fingerprint density at radius 2 is 1.54 bits per heavy atom. The van der Waals surface area contributed by atoms with Crippen molar-refractivity contribution in [1.29, 1.82) is 0 Å². The minimum absolute atomic E-state index is 0.0270. The number of anilines is 1. The molecule has 0 radical (unpaired) electrons. The summed E-state index contributed by atoms with van der Waals surface area (Å²) >= 11 is 0. The fourth-order valence-corrected chi connectivity index (χ4v) is 2.81. The number of carbonyl (C=O) groups is 2. The lowest BCUT2D eigenvalue weighted by Gasteiger charge is -2.21. The van der Waals surface area contributed by atoms with Gasteiger partial charge in [-0.15, -0.1) is 0 Å². The first-order valence-corrected chi connectivity index (χ1v) is 8.74. The zero-order valence-corrected chi connectivity index (χ0v) is 15.7. The van der Waals surface area contributed by atoms with Gasteiger partial charge in [0, 0.05) is 12.2 Å². The number of rotatable bonds is 9. The van der Waals surface area contributed by atoms with Crippen molar-refractivity contribution in [1.82, 2.24) is 10.2 Å². The van der Waals surface area contributed by atoms with Crippen LogP contribution in [0, 0.1) is 20.8 Å². The van der Waals surface area contributed by atoms with Crippen molar-refractivity contribution in [3.63, 3.8) is 0 Å². The summed E-state index contributed by atoms with van der Waals surface area (Å²) in [4.78, 5) is 26.2. The number of hydrogen-bond donors (Lipinski definition) is 2.